The Balaban J connectivity index is 2.14. The molecule has 2 atom stereocenters. The first-order chi connectivity index (χ1) is 14.3. The summed E-state index contributed by atoms with van der Waals surface area (Å²) in [5, 5.41) is 12.8. The van der Waals surface area contributed by atoms with Crippen LogP contribution in [0.3, 0.4) is 0 Å². The van der Waals surface area contributed by atoms with Gasteiger partial charge < -0.3 is 19.3 Å². The van der Waals surface area contributed by atoms with Crippen molar-refractivity contribution < 1.29 is 28.9 Å². The molecular weight excluding hydrogens is 474 g/mol. The fourth-order valence-corrected chi connectivity index (χ4v) is 3.10. The van der Waals surface area contributed by atoms with E-state index in [4.69, 9.17) is 14.2 Å². The number of nitrogens with one attached hydrogen (secondary N) is 1. The first-order valence-corrected chi connectivity index (χ1v) is 10.6. The predicted molar refractivity (Wildman–Crippen MR) is 120 cm³/mol. The summed E-state index contributed by atoms with van der Waals surface area (Å²) in [4.78, 5) is 23.8. The Hall–Kier alpha value is -2.39. The molecule has 2 aromatic rings. The highest BCUT2D eigenvalue weighted by molar-refractivity contribution is 9.10. The van der Waals surface area contributed by atoms with Crippen LogP contribution in [0.25, 0.3) is 0 Å². The molecule has 30 heavy (non-hydrogen) atoms. The third-order valence-electron chi connectivity index (χ3n) is 4.34. The van der Waals surface area contributed by atoms with E-state index in [-0.39, 0.29) is 24.0 Å². The van der Waals surface area contributed by atoms with Crippen molar-refractivity contribution in [2.75, 3.05) is 24.8 Å². The fraction of sp³-hybridized carbons (Fsp3) is 0.333. The average Bonchev–Trinajstić information content (AvgIpc) is 2.73. The van der Waals surface area contributed by atoms with Crippen LogP contribution in [0, 0.1) is 5.92 Å². The highest BCUT2D eigenvalue weighted by Crippen LogP contribution is 2.35. The quantitative estimate of drug-likeness (QED) is 0.335. The van der Waals surface area contributed by atoms with E-state index in [9.17, 15) is 14.7 Å². The van der Waals surface area contributed by atoms with Crippen LogP contribution in [0.1, 0.15) is 25.0 Å². The molecule has 0 aliphatic heterocycles. The summed E-state index contributed by atoms with van der Waals surface area (Å²) in [6.07, 6.45) is -0.883. The third-order valence-corrected chi connectivity index (χ3v) is 5.13. The van der Waals surface area contributed by atoms with Crippen molar-refractivity contribution >= 4 is 46.3 Å². The molecule has 1 amide bonds. The molecule has 0 saturated carbocycles. The Labute approximate surface area is 189 Å². The summed E-state index contributed by atoms with van der Waals surface area (Å²) in [6, 6.07) is 11.9. The molecule has 0 spiro atoms. The van der Waals surface area contributed by atoms with E-state index in [0.717, 1.165) is 4.47 Å². The monoisotopic (exact) mass is 497 g/mol. The lowest BCUT2D eigenvalue weighted by Crippen LogP contribution is -2.23. The number of halogens is 1. The van der Waals surface area contributed by atoms with Gasteiger partial charge in [0.2, 0.25) is 0 Å². The van der Waals surface area contributed by atoms with E-state index < -0.39 is 18.2 Å². The van der Waals surface area contributed by atoms with Crippen LogP contribution in [-0.2, 0) is 14.3 Å². The summed E-state index contributed by atoms with van der Waals surface area (Å²) in [5.74, 6) is -0.381. The van der Waals surface area contributed by atoms with E-state index in [1.807, 2.05) is 6.92 Å². The maximum atomic E-state index is 12.5. The van der Waals surface area contributed by atoms with E-state index in [1.54, 1.807) is 36.4 Å². The number of hydrogen-bond acceptors (Lipinski definition) is 7. The van der Waals surface area contributed by atoms with Gasteiger partial charge in [0, 0.05) is 16.1 Å². The number of anilines is 1. The minimum Gasteiger partial charge on any atom is -0.504 e. The van der Waals surface area contributed by atoms with Gasteiger partial charge in [-0.05, 0) is 48.4 Å². The zero-order chi connectivity index (χ0) is 22.1. The number of ether oxygens (including phenoxy) is 3. The highest BCUT2D eigenvalue weighted by atomic mass is 79.9. The Morgan fingerprint density at radius 3 is 2.50 bits per heavy atom. The average molecular weight is 498 g/mol. The van der Waals surface area contributed by atoms with Crippen LogP contribution in [0.4, 0.5) is 10.5 Å². The van der Waals surface area contributed by atoms with Crippen LogP contribution in [-0.4, -0.2) is 36.6 Å². The first kappa shape index (κ1) is 23.9. The number of phenolic OH excluding ortho intramolecular Hbond substituents is 1. The first-order valence-electron chi connectivity index (χ1n) is 9.20. The number of thiol groups is 1. The van der Waals surface area contributed by atoms with Crippen LogP contribution >= 0.6 is 28.6 Å². The van der Waals surface area contributed by atoms with E-state index in [1.165, 1.54) is 13.2 Å². The molecule has 0 heterocycles. The molecule has 0 saturated heterocycles. The minimum absolute atomic E-state index is 0.00371. The minimum atomic E-state index is -0.688. The van der Waals surface area contributed by atoms with Crippen LogP contribution in [0.15, 0.2) is 46.9 Å². The standard InChI is InChI=1S/C21H24BrNO6S/c1-13(9-10-28-19(25)12-30)20(14-3-8-18(27-2)17(24)11-14)29-21(26)23-16-6-4-15(22)5-7-16/h3-8,11,13,20,24,30H,9-10,12H2,1-2H3,(H,23,26)/t13-,20-/m0/s1. The highest BCUT2D eigenvalue weighted by Gasteiger charge is 2.25. The molecule has 0 fully saturated rings. The predicted octanol–water partition coefficient (Wildman–Crippen LogP) is 4.95. The summed E-state index contributed by atoms with van der Waals surface area (Å²) < 4.78 is 16.7. The molecule has 0 aromatic heterocycles. The second-order valence-electron chi connectivity index (χ2n) is 6.53. The number of amides is 1. The number of phenols is 1. The van der Waals surface area contributed by atoms with Crippen LogP contribution in [0.5, 0.6) is 11.5 Å². The molecule has 2 aromatic carbocycles. The molecule has 7 nitrogen and oxygen atoms in total. The van der Waals surface area contributed by atoms with Gasteiger partial charge in [0.05, 0.1) is 19.5 Å². The zero-order valence-corrected chi connectivity index (χ0v) is 19.1. The number of rotatable bonds is 9. The molecule has 162 valence electrons. The topological polar surface area (TPSA) is 94.1 Å². The smallest absolute Gasteiger partial charge is 0.412 e. The van der Waals surface area contributed by atoms with Gasteiger partial charge in [-0.3, -0.25) is 10.1 Å². The number of benzene rings is 2. The number of esters is 1. The van der Waals surface area contributed by atoms with Crippen molar-refractivity contribution in [3.8, 4) is 11.5 Å². The number of carbonyl (C=O) groups is 2. The van der Waals surface area contributed by atoms with Gasteiger partial charge in [-0.15, -0.1) is 0 Å². The third kappa shape index (κ3) is 7.14. The normalized spacial score (nSPS) is 12.5. The molecule has 2 N–H and O–H groups in total. The van der Waals surface area contributed by atoms with Gasteiger partial charge in [-0.1, -0.05) is 28.9 Å². The number of methoxy groups -OCH3 is 1. The lowest BCUT2D eigenvalue weighted by molar-refractivity contribution is -0.141. The van der Waals surface area contributed by atoms with Gasteiger partial charge in [0.25, 0.3) is 0 Å². The number of aromatic hydroxyl groups is 1. The second-order valence-corrected chi connectivity index (χ2v) is 7.77. The van der Waals surface area contributed by atoms with Gasteiger partial charge in [-0.25, -0.2) is 4.79 Å². The summed E-state index contributed by atoms with van der Waals surface area (Å²) >= 11 is 7.21. The Bertz CT molecular complexity index is 861. The van der Waals surface area contributed by atoms with Crippen molar-refractivity contribution in [3.05, 3.63) is 52.5 Å². The Morgan fingerprint density at radius 2 is 1.90 bits per heavy atom. The Morgan fingerprint density at radius 1 is 1.20 bits per heavy atom. The molecule has 0 bridgehead atoms. The fourth-order valence-electron chi connectivity index (χ4n) is 2.75. The van der Waals surface area contributed by atoms with Crippen molar-refractivity contribution in [1.82, 2.24) is 0 Å². The summed E-state index contributed by atoms with van der Waals surface area (Å²) in [6.45, 7) is 2.03. The van der Waals surface area contributed by atoms with E-state index >= 15 is 0 Å². The zero-order valence-electron chi connectivity index (χ0n) is 16.6. The summed E-state index contributed by atoms with van der Waals surface area (Å²) in [7, 11) is 1.45. The molecule has 0 radical (unpaired) electrons. The second kappa shape index (κ2) is 11.7. The van der Waals surface area contributed by atoms with Crippen molar-refractivity contribution in [2.45, 2.75) is 19.4 Å². The van der Waals surface area contributed by atoms with Crippen LogP contribution < -0.4 is 10.1 Å². The lowest BCUT2D eigenvalue weighted by Gasteiger charge is -2.25. The Kier molecular flexibility index (Phi) is 9.32. The van der Waals surface area contributed by atoms with Crippen LogP contribution in [0.2, 0.25) is 0 Å². The van der Waals surface area contributed by atoms with Gasteiger partial charge in [0.1, 0.15) is 6.10 Å². The van der Waals surface area contributed by atoms with E-state index in [2.05, 4.69) is 33.9 Å². The van der Waals surface area contributed by atoms with Gasteiger partial charge >= 0.3 is 12.1 Å². The maximum absolute atomic E-state index is 12.5. The molecule has 0 aliphatic rings. The number of hydrogen-bond donors (Lipinski definition) is 3. The number of carbonyl (C=O) groups excluding carboxylic acids is 2. The molecule has 9 heteroatoms. The maximum Gasteiger partial charge on any atom is 0.412 e. The molecule has 2 rings (SSSR count). The van der Waals surface area contributed by atoms with E-state index in [0.29, 0.717) is 23.4 Å². The van der Waals surface area contributed by atoms with Gasteiger partial charge in [-0.2, -0.15) is 12.6 Å². The SMILES string of the molecule is COc1ccc([C@@H](OC(=O)Nc2ccc(Br)cc2)[C@@H](C)CCOC(=O)CS)cc1O. The summed E-state index contributed by atoms with van der Waals surface area (Å²) in [5.41, 5.74) is 1.17. The van der Waals surface area contributed by atoms with Crippen molar-refractivity contribution in [2.24, 2.45) is 5.92 Å². The molecule has 0 unspecified atom stereocenters. The molecular formula is C21H24BrNO6S. The van der Waals surface area contributed by atoms with Crippen molar-refractivity contribution in [3.63, 3.8) is 0 Å². The van der Waals surface area contributed by atoms with Crippen molar-refractivity contribution in [1.29, 1.82) is 0 Å². The van der Waals surface area contributed by atoms with Gasteiger partial charge in [0.15, 0.2) is 11.5 Å². The molecule has 0 aliphatic carbocycles. The lowest BCUT2D eigenvalue weighted by atomic mass is 9.94. The largest absolute Gasteiger partial charge is 0.504 e.